The first kappa shape index (κ1) is 24.2. The lowest BCUT2D eigenvalue weighted by atomic mass is 10.2. The number of amides is 1. The van der Waals surface area contributed by atoms with Crippen LogP contribution in [0.15, 0.2) is 41.3 Å². The minimum absolute atomic E-state index is 0.0875. The van der Waals surface area contributed by atoms with Crippen molar-refractivity contribution in [2.45, 2.75) is 11.8 Å². The van der Waals surface area contributed by atoms with Crippen molar-refractivity contribution in [3.63, 3.8) is 0 Å². The Morgan fingerprint density at radius 2 is 1.79 bits per heavy atom. The number of thiazole rings is 1. The van der Waals surface area contributed by atoms with E-state index in [-0.39, 0.29) is 4.90 Å². The zero-order valence-electron chi connectivity index (χ0n) is 18.1. The minimum Gasteiger partial charge on any atom is -0.354 e. The van der Waals surface area contributed by atoms with Crippen LogP contribution in [0.2, 0.25) is 10.0 Å². The highest BCUT2D eigenvalue weighted by atomic mass is 35.5. The Balaban J connectivity index is 1.24. The first-order valence-electron chi connectivity index (χ1n) is 10.5. The van der Waals surface area contributed by atoms with Crippen LogP contribution in [0.5, 0.6) is 0 Å². The zero-order valence-corrected chi connectivity index (χ0v) is 21.2. The van der Waals surface area contributed by atoms with E-state index < -0.39 is 21.5 Å². The van der Waals surface area contributed by atoms with Crippen LogP contribution in [-0.2, 0) is 14.6 Å². The van der Waals surface area contributed by atoms with Gasteiger partial charge in [-0.15, -0.1) is 0 Å². The number of piperazine rings is 1. The maximum absolute atomic E-state index is 12.4. The van der Waals surface area contributed by atoms with Gasteiger partial charge in [-0.2, -0.15) is 0 Å². The van der Waals surface area contributed by atoms with Gasteiger partial charge in [-0.3, -0.25) is 9.69 Å². The van der Waals surface area contributed by atoms with Gasteiger partial charge in [0.05, 0.1) is 20.1 Å². The number of nitrogens with zero attached hydrogens (tertiary/aromatic N) is 3. The van der Waals surface area contributed by atoms with E-state index in [2.05, 4.69) is 15.1 Å². The van der Waals surface area contributed by atoms with Crippen molar-refractivity contribution < 1.29 is 13.2 Å². The predicted molar refractivity (Wildman–Crippen MR) is 135 cm³/mol. The predicted octanol–water partition coefficient (Wildman–Crippen LogP) is 3.62. The van der Waals surface area contributed by atoms with E-state index >= 15 is 0 Å². The molecule has 0 saturated carbocycles. The summed E-state index contributed by atoms with van der Waals surface area (Å²) in [6, 6.07) is 9.71. The first-order chi connectivity index (χ1) is 15.7. The summed E-state index contributed by atoms with van der Waals surface area (Å²) in [6.07, 6.45) is 0. The van der Waals surface area contributed by atoms with Gasteiger partial charge in [-0.05, 0) is 42.8 Å². The van der Waals surface area contributed by atoms with Gasteiger partial charge in [0.2, 0.25) is 5.91 Å². The van der Waals surface area contributed by atoms with E-state index in [1.165, 1.54) is 24.3 Å². The Bertz CT molecular complexity index is 1220. The third-order valence-corrected chi connectivity index (χ3v) is 9.03. The third kappa shape index (κ3) is 5.78. The summed E-state index contributed by atoms with van der Waals surface area (Å²) in [5, 5.41) is 4.86. The molecule has 4 rings (SSSR count). The summed E-state index contributed by atoms with van der Waals surface area (Å²) >= 11 is 13.7. The van der Waals surface area contributed by atoms with Crippen LogP contribution in [0.4, 0.5) is 5.13 Å². The SMILES string of the molecule is Cc1ccc(Cl)c2sc(N3CCN(CCNC(=O)CS(=O)(=O)c4ccc(Cl)cc4)CC3)nc12. The minimum atomic E-state index is -3.69. The summed E-state index contributed by atoms with van der Waals surface area (Å²) in [6.45, 7) is 6.42. The highest BCUT2D eigenvalue weighted by Gasteiger charge is 2.22. The second-order valence-corrected chi connectivity index (χ2v) is 11.7. The summed E-state index contributed by atoms with van der Waals surface area (Å²) in [5.41, 5.74) is 2.07. The molecule has 1 saturated heterocycles. The van der Waals surface area contributed by atoms with Gasteiger partial charge >= 0.3 is 0 Å². The van der Waals surface area contributed by atoms with Crippen LogP contribution in [0, 0.1) is 6.92 Å². The smallest absolute Gasteiger partial charge is 0.235 e. The lowest BCUT2D eigenvalue weighted by molar-refractivity contribution is -0.118. The lowest BCUT2D eigenvalue weighted by Gasteiger charge is -2.34. The molecule has 1 amide bonds. The topological polar surface area (TPSA) is 82.6 Å². The standard InChI is InChI=1S/C22H24Cl2N4O3S2/c1-15-2-7-18(24)21-20(15)26-22(32-21)28-12-10-27(11-13-28)9-8-25-19(29)14-33(30,31)17-5-3-16(23)4-6-17/h2-7H,8-14H2,1H3,(H,25,29). The number of nitrogens with one attached hydrogen (secondary N) is 1. The zero-order chi connectivity index (χ0) is 23.6. The largest absolute Gasteiger partial charge is 0.354 e. The number of aryl methyl sites for hydroxylation is 1. The Hall–Kier alpha value is -1.91. The van der Waals surface area contributed by atoms with Crippen molar-refractivity contribution in [2.75, 3.05) is 49.9 Å². The van der Waals surface area contributed by atoms with Crippen molar-refractivity contribution >= 4 is 65.6 Å². The van der Waals surface area contributed by atoms with E-state index in [0.717, 1.165) is 52.1 Å². The molecule has 0 bridgehead atoms. The van der Waals surface area contributed by atoms with Gasteiger partial charge < -0.3 is 10.2 Å². The maximum Gasteiger partial charge on any atom is 0.235 e. The number of sulfone groups is 1. The maximum atomic E-state index is 12.4. The number of aromatic nitrogens is 1. The molecule has 1 aliphatic heterocycles. The van der Waals surface area contributed by atoms with E-state index in [1.807, 2.05) is 19.1 Å². The number of fused-ring (bicyclic) bond motifs is 1. The molecule has 176 valence electrons. The monoisotopic (exact) mass is 526 g/mol. The number of halogens is 2. The van der Waals surface area contributed by atoms with Crippen LogP contribution in [0.3, 0.4) is 0 Å². The molecule has 1 N–H and O–H groups in total. The van der Waals surface area contributed by atoms with Crippen molar-refractivity contribution in [3.05, 3.63) is 52.0 Å². The third-order valence-electron chi connectivity index (χ3n) is 5.57. The Morgan fingerprint density at radius 3 is 2.45 bits per heavy atom. The van der Waals surface area contributed by atoms with E-state index in [0.29, 0.717) is 18.1 Å². The molecule has 1 aliphatic rings. The summed E-state index contributed by atoms with van der Waals surface area (Å²) < 4.78 is 25.7. The molecule has 0 atom stereocenters. The molecular formula is C22H24Cl2N4O3S2. The Kier molecular flexibility index (Phi) is 7.45. The molecule has 2 heterocycles. The Labute approximate surface area is 207 Å². The van der Waals surface area contributed by atoms with Crippen LogP contribution < -0.4 is 10.2 Å². The average Bonchev–Trinajstić information content (AvgIpc) is 3.24. The van der Waals surface area contributed by atoms with Gasteiger partial charge in [-0.25, -0.2) is 13.4 Å². The first-order valence-corrected chi connectivity index (χ1v) is 13.7. The molecule has 11 heteroatoms. The molecule has 1 aromatic heterocycles. The summed E-state index contributed by atoms with van der Waals surface area (Å²) in [5.74, 6) is -1.09. The normalized spacial score (nSPS) is 15.2. The molecule has 33 heavy (non-hydrogen) atoms. The average molecular weight is 527 g/mol. The van der Waals surface area contributed by atoms with E-state index in [9.17, 15) is 13.2 Å². The summed E-state index contributed by atoms with van der Waals surface area (Å²) in [7, 11) is -3.69. The number of hydrogen-bond donors (Lipinski definition) is 1. The highest BCUT2D eigenvalue weighted by Crippen LogP contribution is 2.35. The molecule has 0 aliphatic carbocycles. The van der Waals surface area contributed by atoms with Crippen molar-refractivity contribution in [1.29, 1.82) is 0 Å². The van der Waals surface area contributed by atoms with Gasteiger partial charge in [0.25, 0.3) is 0 Å². The number of benzene rings is 2. The number of hydrogen-bond acceptors (Lipinski definition) is 7. The molecule has 2 aromatic carbocycles. The number of carbonyl (C=O) groups excluding carboxylic acids is 1. The second-order valence-electron chi connectivity index (χ2n) is 7.93. The fraction of sp³-hybridized carbons (Fsp3) is 0.364. The highest BCUT2D eigenvalue weighted by molar-refractivity contribution is 7.92. The van der Waals surface area contributed by atoms with Crippen molar-refractivity contribution in [2.24, 2.45) is 0 Å². The fourth-order valence-corrected chi connectivity index (χ4v) is 6.35. The quantitative estimate of drug-likeness (QED) is 0.506. The molecular weight excluding hydrogens is 503 g/mol. The van der Waals surface area contributed by atoms with Gasteiger partial charge in [0.15, 0.2) is 15.0 Å². The van der Waals surface area contributed by atoms with Gasteiger partial charge in [0.1, 0.15) is 5.75 Å². The molecule has 0 spiro atoms. The van der Waals surface area contributed by atoms with E-state index in [1.54, 1.807) is 11.3 Å². The van der Waals surface area contributed by atoms with Crippen LogP contribution in [0.1, 0.15) is 5.56 Å². The summed E-state index contributed by atoms with van der Waals surface area (Å²) in [4.78, 5) is 21.5. The number of carbonyl (C=O) groups is 1. The number of anilines is 1. The molecule has 1 fully saturated rings. The van der Waals surface area contributed by atoms with Crippen LogP contribution in [0.25, 0.3) is 10.2 Å². The molecule has 7 nitrogen and oxygen atoms in total. The van der Waals surface area contributed by atoms with Crippen molar-refractivity contribution in [3.8, 4) is 0 Å². The Morgan fingerprint density at radius 1 is 1.09 bits per heavy atom. The molecule has 3 aromatic rings. The second kappa shape index (κ2) is 10.1. The van der Waals surface area contributed by atoms with Gasteiger partial charge in [-0.1, -0.05) is 40.6 Å². The van der Waals surface area contributed by atoms with E-state index in [4.69, 9.17) is 28.2 Å². The number of rotatable bonds is 7. The van der Waals surface area contributed by atoms with Crippen LogP contribution >= 0.6 is 34.5 Å². The lowest BCUT2D eigenvalue weighted by Crippen LogP contribution is -2.48. The fourth-order valence-electron chi connectivity index (χ4n) is 3.69. The van der Waals surface area contributed by atoms with Gasteiger partial charge in [0, 0.05) is 44.3 Å². The molecule has 0 radical (unpaired) electrons. The van der Waals surface area contributed by atoms with Crippen LogP contribution in [-0.4, -0.2) is 69.2 Å². The molecule has 0 unspecified atom stereocenters. The van der Waals surface area contributed by atoms with Crippen molar-refractivity contribution in [1.82, 2.24) is 15.2 Å².